The fourth-order valence-corrected chi connectivity index (χ4v) is 1.87. The molecule has 4 heteroatoms. The highest BCUT2D eigenvalue weighted by Gasteiger charge is 2.04. The lowest BCUT2D eigenvalue weighted by atomic mass is 10.1. The average molecular weight is 271 g/mol. The molecule has 4 nitrogen and oxygen atoms in total. The number of nitrogens with one attached hydrogen (secondary N) is 1. The monoisotopic (exact) mass is 271 g/mol. The van der Waals surface area contributed by atoms with E-state index in [4.69, 9.17) is 9.84 Å². The molecule has 2 aromatic carbocycles. The highest BCUT2D eigenvalue weighted by Crippen LogP contribution is 2.19. The first-order valence-electron chi connectivity index (χ1n) is 6.48. The molecule has 0 bridgehead atoms. The fraction of sp³-hybridized carbons (Fsp3) is 0.188. The van der Waals surface area contributed by atoms with Gasteiger partial charge in [0.1, 0.15) is 5.75 Å². The van der Waals surface area contributed by atoms with E-state index >= 15 is 0 Å². The van der Waals surface area contributed by atoms with Gasteiger partial charge in [0.25, 0.3) is 0 Å². The van der Waals surface area contributed by atoms with Gasteiger partial charge in [-0.25, -0.2) is 4.79 Å². The molecular weight excluding hydrogens is 254 g/mol. The normalized spacial score (nSPS) is 10.1. The Morgan fingerprint density at radius 3 is 2.50 bits per heavy atom. The van der Waals surface area contributed by atoms with Crippen LogP contribution in [-0.4, -0.2) is 17.7 Å². The zero-order valence-corrected chi connectivity index (χ0v) is 11.3. The molecule has 20 heavy (non-hydrogen) atoms. The summed E-state index contributed by atoms with van der Waals surface area (Å²) in [6, 6.07) is 14.5. The maximum Gasteiger partial charge on any atom is 0.335 e. The van der Waals surface area contributed by atoms with Crippen LogP contribution in [0.5, 0.6) is 5.75 Å². The zero-order valence-electron chi connectivity index (χ0n) is 11.3. The molecule has 0 atom stereocenters. The Kier molecular flexibility index (Phi) is 4.60. The maximum absolute atomic E-state index is 10.8. The molecule has 0 aliphatic heterocycles. The highest BCUT2D eigenvalue weighted by molar-refractivity contribution is 5.87. The number of ether oxygens (including phenoxy) is 1. The van der Waals surface area contributed by atoms with E-state index in [0.29, 0.717) is 13.2 Å². The van der Waals surface area contributed by atoms with Gasteiger partial charge in [-0.1, -0.05) is 18.2 Å². The number of carbonyl (C=O) groups is 1. The van der Waals surface area contributed by atoms with Crippen LogP contribution in [0.25, 0.3) is 0 Å². The molecule has 0 aliphatic rings. The molecule has 104 valence electrons. The molecule has 0 amide bonds. The van der Waals surface area contributed by atoms with Gasteiger partial charge in [0.15, 0.2) is 0 Å². The van der Waals surface area contributed by atoms with Crippen molar-refractivity contribution in [1.82, 2.24) is 0 Å². The minimum Gasteiger partial charge on any atom is -0.494 e. The third kappa shape index (κ3) is 3.51. The summed E-state index contributed by atoms with van der Waals surface area (Å²) in [7, 11) is 0. The second-order valence-electron chi connectivity index (χ2n) is 4.28. The lowest BCUT2D eigenvalue weighted by molar-refractivity contribution is 0.0697. The van der Waals surface area contributed by atoms with E-state index in [1.807, 2.05) is 31.2 Å². The van der Waals surface area contributed by atoms with Crippen LogP contribution in [-0.2, 0) is 6.54 Å². The van der Waals surface area contributed by atoms with Crippen molar-refractivity contribution in [3.8, 4) is 5.75 Å². The first kappa shape index (κ1) is 13.9. The van der Waals surface area contributed by atoms with Crippen LogP contribution in [0.15, 0.2) is 48.5 Å². The molecule has 0 heterocycles. The lowest BCUT2D eigenvalue weighted by Gasteiger charge is -2.11. The Morgan fingerprint density at radius 2 is 1.85 bits per heavy atom. The zero-order chi connectivity index (χ0) is 14.4. The van der Waals surface area contributed by atoms with Gasteiger partial charge in [0, 0.05) is 17.8 Å². The Labute approximate surface area is 118 Å². The SMILES string of the molecule is CCOc1ccccc1CNc1ccc(C(=O)O)cc1. The van der Waals surface area contributed by atoms with Crippen LogP contribution in [0.4, 0.5) is 5.69 Å². The Bertz CT molecular complexity index is 579. The Morgan fingerprint density at radius 1 is 1.15 bits per heavy atom. The van der Waals surface area contributed by atoms with Crippen molar-refractivity contribution in [1.29, 1.82) is 0 Å². The van der Waals surface area contributed by atoms with Crippen LogP contribution in [0.2, 0.25) is 0 Å². The number of carboxylic acid groups (broad SMARTS) is 1. The molecule has 2 N–H and O–H groups in total. The van der Waals surface area contributed by atoms with Crippen molar-refractivity contribution >= 4 is 11.7 Å². The average Bonchev–Trinajstić information content (AvgIpc) is 2.47. The summed E-state index contributed by atoms with van der Waals surface area (Å²) in [5.74, 6) is -0.0529. The van der Waals surface area contributed by atoms with Crippen LogP contribution < -0.4 is 10.1 Å². The maximum atomic E-state index is 10.8. The van der Waals surface area contributed by atoms with Crippen LogP contribution in [0, 0.1) is 0 Å². The molecule has 0 spiro atoms. The smallest absolute Gasteiger partial charge is 0.335 e. The summed E-state index contributed by atoms with van der Waals surface area (Å²) >= 11 is 0. The third-order valence-corrected chi connectivity index (χ3v) is 2.89. The molecule has 0 aromatic heterocycles. The quantitative estimate of drug-likeness (QED) is 0.845. The van der Waals surface area contributed by atoms with Gasteiger partial charge >= 0.3 is 5.97 Å². The fourth-order valence-electron chi connectivity index (χ4n) is 1.87. The first-order chi connectivity index (χ1) is 9.70. The minimum atomic E-state index is -0.918. The standard InChI is InChI=1S/C16H17NO3/c1-2-20-15-6-4-3-5-13(15)11-17-14-9-7-12(8-10-14)16(18)19/h3-10,17H,2,11H2,1H3,(H,18,19). The van der Waals surface area contributed by atoms with Crippen molar-refractivity contribution in [2.75, 3.05) is 11.9 Å². The van der Waals surface area contributed by atoms with Crippen LogP contribution >= 0.6 is 0 Å². The van der Waals surface area contributed by atoms with Crippen molar-refractivity contribution in [2.24, 2.45) is 0 Å². The second-order valence-corrected chi connectivity index (χ2v) is 4.28. The number of hydrogen-bond donors (Lipinski definition) is 2. The number of para-hydroxylation sites is 1. The summed E-state index contributed by atoms with van der Waals surface area (Å²) in [5, 5.41) is 12.1. The Hall–Kier alpha value is -2.49. The van der Waals surface area contributed by atoms with E-state index in [-0.39, 0.29) is 5.56 Å². The molecule has 0 aliphatic carbocycles. The lowest BCUT2D eigenvalue weighted by Crippen LogP contribution is -2.03. The highest BCUT2D eigenvalue weighted by atomic mass is 16.5. The van der Waals surface area contributed by atoms with E-state index < -0.39 is 5.97 Å². The summed E-state index contributed by atoms with van der Waals surface area (Å²) in [4.78, 5) is 10.8. The van der Waals surface area contributed by atoms with Gasteiger partial charge in [-0.15, -0.1) is 0 Å². The summed E-state index contributed by atoms with van der Waals surface area (Å²) in [6.45, 7) is 3.21. The van der Waals surface area contributed by atoms with Gasteiger partial charge in [0.2, 0.25) is 0 Å². The molecular formula is C16H17NO3. The van der Waals surface area contributed by atoms with Crippen LogP contribution in [0.3, 0.4) is 0 Å². The molecule has 0 fully saturated rings. The molecule has 0 radical (unpaired) electrons. The predicted molar refractivity (Wildman–Crippen MR) is 78.3 cm³/mol. The number of carboxylic acids is 1. The van der Waals surface area contributed by atoms with E-state index in [1.165, 1.54) is 0 Å². The number of benzene rings is 2. The molecule has 0 saturated heterocycles. The molecule has 0 saturated carbocycles. The van der Waals surface area contributed by atoms with Gasteiger partial charge in [-0.3, -0.25) is 0 Å². The summed E-state index contributed by atoms with van der Waals surface area (Å²) in [6.07, 6.45) is 0. The minimum absolute atomic E-state index is 0.283. The predicted octanol–water partition coefficient (Wildman–Crippen LogP) is 3.40. The van der Waals surface area contributed by atoms with Gasteiger partial charge < -0.3 is 15.2 Å². The van der Waals surface area contributed by atoms with E-state index in [2.05, 4.69) is 5.32 Å². The van der Waals surface area contributed by atoms with Crippen molar-refractivity contribution in [3.05, 3.63) is 59.7 Å². The number of rotatable bonds is 6. The van der Waals surface area contributed by atoms with Gasteiger partial charge in [-0.2, -0.15) is 0 Å². The van der Waals surface area contributed by atoms with E-state index in [9.17, 15) is 4.79 Å². The first-order valence-corrected chi connectivity index (χ1v) is 6.48. The number of hydrogen-bond acceptors (Lipinski definition) is 3. The number of anilines is 1. The van der Waals surface area contributed by atoms with Crippen LogP contribution in [0.1, 0.15) is 22.8 Å². The molecule has 0 unspecified atom stereocenters. The van der Waals surface area contributed by atoms with Crippen molar-refractivity contribution in [3.63, 3.8) is 0 Å². The van der Waals surface area contributed by atoms with Gasteiger partial charge in [-0.05, 0) is 37.3 Å². The van der Waals surface area contributed by atoms with Gasteiger partial charge in [0.05, 0.1) is 12.2 Å². The second kappa shape index (κ2) is 6.61. The third-order valence-electron chi connectivity index (χ3n) is 2.89. The van der Waals surface area contributed by atoms with Crippen molar-refractivity contribution in [2.45, 2.75) is 13.5 Å². The largest absolute Gasteiger partial charge is 0.494 e. The topological polar surface area (TPSA) is 58.6 Å². The van der Waals surface area contributed by atoms with Crippen molar-refractivity contribution < 1.29 is 14.6 Å². The van der Waals surface area contributed by atoms with E-state index in [0.717, 1.165) is 17.0 Å². The summed E-state index contributed by atoms with van der Waals surface area (Å²) < 4.78 is 5.56. The molecule has 2 rings (SSSR count). The number of aromatic carboxylic acids is 1. The van der Waals surface area contributed by atoms with E-state index in [1.54, 1.807) is 24.3 Å². The summed E-state index contributed by atoms with van der Waals surface area (Å²) in [5.41, 5.74) is 2.23. The molecule has 2 aromatic rings. The Balaban J connectivity index is 2.03.